The largest absolute Gasteiger partial charge is 0.412 e. The first-order valence-electron chi connectivity index (χ1n) is 13.8. The zero-order valence-corrected chi connectivity index (χ0v) is 24.2. The van der Waals surface area contributed by atoms with Crippen molar-refractivity contribution in [2.24, 2.45) is 11.7 Å². The van der Waals surface area contributed by atoms with Crippen LogP contribution in [0.3, 0.4) is 0 Å². The van der Waals surface area contributed by atoms with Crippen molar-refractivity contribution in [2.75, 3.05) is 39.0 Å². The molecular formula is C30H41FN4O4S. The van der Waals surface area contributed by atoms with Crippen LogP contribution in [0.15, 0.2) is 48.5 Å². The maximum atomic E-state index is 15.5. The van der Waals surface area contributed by atoms with E-state index in [0.29, 0.717) is 18.0 Å². The average Bonchev–Trinajstić information content (AvgIpc) is 3.15. The molecule has 2 aliphatic heterocycles. The number of alkyl halides is 1. The molecule has 1 amide bonds. The number of rotatable bonds is 8. The highest BCUT2D eigenvalue weighted by molar-refractivity contribution is 7.88. The van der Waals surface area contributed by atoms with Gasteiger partial charge in [-0.15, -0.1) is 0 Å². The third-order valence-electron chi connectivity index (χ3n) is 8.72. The third kappa shape index (κ3) is 6.57. The van der Waals surface area contributed by atoms with Gasteiger partial charge in [0.15, 0.2) is 0 Å². The van der Waals surface area contributed by atoms with Crippen LogP contribution in [-0.2, 0) is 23.0 Å². The molecule has 2 aliphatic rings. The monoisotopic (exact) mass is 572 g/mol. The molecule has 40 heavy (non-hydrogen) atoms. The van der Waals surface area contributed by atoms with Gasteiger partial charge in [-0.2, -0.15) is 0 Å². The molecule has 218 valence electrons. The number of piperidine rings is 2. The van der Waals surface area contributed by atoms with Crippen LogP contribution in [0.1, 0.15) is 52.9 Å². The van der Waals surface area contributed by atoms with Crippen molar-refractivity contribution in [2.45, 2.75) is 51.2 Å². The highest BCUT2D eigenvalue weighted by Gasteiger charge is 2.39. The molecule has 2 aromatic carbocycles. The summed E-state index contributed by atoms with van der Waals surface area (Å²) >= 11 is 0. The lowest BCUT2D eigenvalue weighted by Crippen LogP contribution is -2.50. The van der Waals surface area contributed by atoms with Crippen molar-refractivity contribution < 1.29 is 23.1 Å². The number of sulfonamides is 1. The molecule has 0 bridgehead atoms. The van der Waals surface area contributed by atoms with Gasteiger partial charge < -0.3 is 20.7 Å². The maximum absolute atomic E-state index is 15.5. The number of fused-ring (bicyclic) bond motifs is 1. The van der Waals surface area contributed by atoms with E-state index < -0.39 is 21.6 Å². The first-order valence-corrected chi connectivity index (χ1v) is 15.7. The summed E-state index contributed by atoms with van der Waals surface area (Å²) in [5.41, 5.74) is 9.55. The topological polar surface area (TPSA) is 120 Å². The number of primary amides is 1. The molecule has 0 aliphatic carbocycles. The fraction of sp³-hybridized carbons (Fsp3) is 0.500. The predicted molar refractivity (Wildman–Crippen MR) is 157 cm³/mol. The van der Waals surface area contributed by atoms with Crippen molar-refractivity contribution in [1.82, 2.24) is 13.8 Å². The number of carbonyl (C=O) groups is 1. The normalized spacial score (nSPS) is 19.0. The summed E-state index contributed by atoms with van der Waals surface area (Å²) in [5, 5.41) is 1.26. The van der Waals surface area contributed by atoms with E-state index >= 15 is 4.39 Å². The molecule has 0 saturated carbocycles. The van der Waals surface area contributed by atoms with E-state index in [0.717, 1.165) is 44.5 Å². The number of hydrogen-bond donors (Lipinski definition) is 1. The fourth-order valence-electron chi connectivity index (χ4n) is 6.31. The Bertz CT molecular complexity index is 1440. The minimum atomic E-state index is -3.25. The van der Waals surface area contributed by atoms with Gasteiger partial charge in [-0.3, -0.25) is 4.79 Å². The number of nitrogens with two attached hydrogens (primary N) is 1. The second kappa shape index (κ2) is 12.0. The lowest BCUT2D eigenvalue weighted by atomic mass is 9.91. The third-order valence-corrected chi connectivity index (χ3v) is 10.0. The molecule has 2 saturated heterocycles. The molecule has 3 heterocycles. The molecule has 2 fully saturated rings. The van der Waals surface area contributed by atoms with E-state index in [1.807, 2.05) is 12.1 Å². The number of aromatic nitrogens is 1. The van der Waals surface area contributed by atoms with Crippen LogP contribution in [0.5, 0.6) is 0 Å². The first-order chi connectivity index (χ1) is 18.5. The lowest BCUT2D eigenvalue weighted by Gasteiger charge is -2.40. The highest BCUT2D eigenvalue weighted by Crippen LogP contribution is 2.33. The molecule has 3 aromatic rings. The molecule has 8 nitrogen and oxygen atoms in total. The second-order valence-corrected chi connectivity index (χ2v) is 13.4. The van der Waals surface area contributed by atoms with Crippen molar-refractivity contribution >= 4 is 26.8 Å². The standard InChI is InChI=1S/C30H39FN4O3S.H2O/c1-22-27(19-23-7-9-25(10-8-23)29(32)36)26-5-3-4-6-28(26)35(22)20-24-11-15-33(16-12-24)21-30(31)13-17-34(18-14-30)39(2,37)38;/h3-10,24H,11-21H2,1-2H3,(H2,32,36);1H2. The number of amides is 1. The summed E-state index contributed by atoms with van der Waals surface area (Å²) in [6.07, 6.45) is 4.55. The zero-order valence-electron chi connectivity index (χ0n) is 23.4. The van der Waals surface area contributed by atoms with E-state index in [-0.39, 0.29) is 31.4 Å². The van der Waals surface area contributed by atoms with Crippen LogP contribution in [0, 0.1) is 12.8 Å². The van der Waals surface area contributed by atoms with Gasteiger partial charge >= 0.3 is 0 Å². The SMILES string of the molecule is Cc1c(Cc2ccc(C(N)=O)cc2)c2ccccc2n1CC1CCN(CC2(F)CCN(S(C)(=O)=O)CC2)CC1.O. The molecule has 0 atom stereocenters. The highest BCUT2D eigenvalue weighted by atomic mass is 32.2. The number of benzene rings is 2. The quantitative estimate of drug-likeness (QED) is 0.445. The van der Waals surface area contributed by atoms with Crippen molar-refractivity contribution in [1.29, 1.82) is 0 Å². The molecule has 1 aromatic heterocycles. The van der Waals surface area contributed by atoms with Crippen molar-refractivity contribution in [3.8, 4) is 0 Å². The molecule has 0 unspecified atom stereocenters. The minimum Gasteiger partial charge on any atom is -0.412 e. The second-order valence-electron chi connectivity index (χ2n) is 11.5. The number of para-hydroxylation sites is 1. The van der Waals surface area contributed by atoms with Gasteiger partial charge in [0.1, 0.15) is 5.67 Å². The Morgan fingerprint density at radius 3 is 2.25 bits per heavy atom. The summed E-state index contributed by atoms with van der Waals surface area (Å²) in [4.78, 5) is 13.7. The summed E-state index contributed by atoms with van der Waals surface area (Å²) in [7, 11) is -3.25. The van der Waals surface area contributed by atoms with Crippen LogP contribution < -0.4 is 5.73 Å². The van der Waals surface area contributed by atoms with E-state index in [4.69, 9.17) is 5.73 Å². The van der Waals surface area contributed by atoms with Gasteiger partial charge in [0.2, 0.25) is 15.9 Å². The number of hydrogen-bond acceptors (Lipinski definition) is 4. The molecule has 0 radical (unpaired) electrons. The average molecular weight is 573 g/mol. The van der Waals surface area contributed by atoms with E-state index in [1.54, 1.807) is 12.1 Å². The summed E-state index contributed by atoms with van der Waals surface area (Å²) in [6, 6.07) is 16.1. The molecule has 4 N–H and O–H groups in total. The Kier molecular flexibility index (Phi) is 9.04. The Balaban J connectivity index is 0.00000370. The number of halogens is 1. The van der Waals surface area contributed by atoms with Gasteiger partial charge in [-0.25, -0.2) is 17.1 Å². The molecular weight excluding hydrogens is 531 g/mol. The summed E-state index contributed by atoms with van der Waals surface area (Å²) < 4.78 is 42.9. The van der Waals surface area contributed by atoms with Crippen LogP contribution in [0.4, 0.5) is 4.39 Å². The molecule has 10 heteroatoms. The van der Waals surface area contributed by atoms with Gasteiger partial charge in [-0.1, -0.05) is 30.3 Å². The van der Waals surface area contributed by atoms with Gasteiger partial charge in [0.05, 0.1) is 6.26 Å². The van der Waals surface area contributed by atoms with Crippen molar-refractivity contribution in [3.05, 3.63) is 70.9 Å². The summed E-state index contributed by atoms with van der Waals surface area (Å²) in [5.74, 6) is 0.0977. The molecule has 0 spiro atoms. The molecule has 5 rings (SSSR count). The van der Waals surface area contributed by atoms with Gasteiger partial charge in [0, 0.05) is 48.3 Å². The first kappa shape index (κ1) is 30.2. The fourth-order valence-corrected chi connectivity index (χ4v) is 7.16. The van der Waals surface area contributed by atoms with Crippen LogP contribution in [0.25, 0.3) is 10.9 Å². The van der Waals surface area contributed by atoms with E-state index in [9.17, 15) is 13.2 Å². The van der Waals surface area contributed by atoms with Gasteiger partial charge in [0.25, 0.3) is 0 Å². The number of carbonyl (C=O) groups excluding carboxylic acids is 1. The lowest BCUT2D eigenvalue weighted by molar-refractivity contribution is 0.0308. The Hall–Kier alpha value is -2.79. The Morgan fingerprint density at radius 2 is 1.65 bits per heavy atom. The van der Waals surface area contributed by atoms with Gasteiger partial charge in [-0.05, 0) is 87.4 Å². The van der Waals surface area contributed by atoms with Crippen LogP contribution in [-0.4, -0.2) is 78.2 Å². The summed E-state index contributed by atoms with van der Waals surface area (Å²) in [6.45, 7) is 5.78. The minimum absolute atomic E-state index is 0. The number of nitrogens with zero attached hydrogens (tertiary/aromatic N) is 3. The maximum Gasteiger partial charge on any atom is 0.248 e. The van der Waals surface area contributed by atoms with E-state index in [1.165, 1.54) is 32.7 Å². The van der Waals surface area contributed by atoms with Crippen LogP contribution >= 0.6 is 0 Å². The predicted octanol–water partition coefficient (Wildman–Crippen LogP) is 3.29. The smallest absolute Gasteiger partial charge is 0.248 e. The Morgan fingerprint density at radius 1 is 1.02 bits per heavy atom. The van der Waals surface area contributed by atoms with Crippen LogP contribution in [0.2, 0.25) is 0 Å². The Labute approximate surface area is 236 Å². The zero-order chi connectivity index (χ0) is 27.8. The van der Waals surface area contributed by atoms with Crippen molar-refractivity contribution in [3.63, 3.8) is 0 Å². The van der Waals surface area contributed by atoms with E-state index in [2.05, 4.69) is 40.7 Å². The number of likely N-dealkylation sites (tertiary alicyclic amines) is 1.